The van der Waals surface area contributed by atoms with Crippen LogP contribution in [0.1, 0.15) is 6.42 Å². The van der Waals surface area contributed by atoms with E-state index >= 15 is 0 Å². The first-order valence-electron chi connectivity index (χ1n) is 5.71. The highest BCUT2D eigenvalue weighted by Gasteiger charge is 2.16. The van der Waals surface area contributed by atoms with Gasteiger partial charge in [-0.15, -0.1) is 0 Å². The quantitative estimate of drug-likeness (QED) is 0.881. The van der Waals surface area contributed by atoms with E-state index in [-0.39, 0.29) is 11.9 Å². The predicted molar refractivity (Wildman–Crippen MR) is 81.5 cm³/mol. The van der Waals surface area contributed by atoms with Gasteiger partial charge in [0.15, 0.2) is 0 Å². The molecule has 1 atom stereocenters. The molecule has 2 N–H and O–H groups in total. The summed E-state index contributed by atoms with van der Waals surface area (Å²) in [6.07, 6.45) is 0.501. The monoisotopic (exact) mass is 348 g/mol. The molecule has 0 aromatic heterocycles. The molecule has 1 aliphatic rings. The van der Waals surface area contributed by atoms with Crippen molar-refractivity contribution in [3.8, 4) is 0 Å². The highest BCUT2D eigenvalue weighted by molar-refractivity contribution is 9.10. The summed E-state index contributed by atoms with van der Waals surface area (Å²) in [5, 5.41) is 6.80. The van der Waals surface area contributed by atoms with E-state index in [1.165, 1.54) is 0 Å². The number of rotatable bonds is 3. The summed E-state index contributed by atoms with van der Waals surface area (Å²) in [6.45, 7) is 0.979. The van der Waals surface area contributed by atoms with E-state index in [1.807, 2.05) is 23.9 Å². The van der Waals surface area contributed by atoms with Crippen molar-refractivity contribution in [3.63, 3.8) is 0 Å². The number of carbonyl (C=O) groups excluding carboxylic acids is 1. The molecule has 0 radical (unpaired) electrons. The Morgan fingerprint density at radius 1 is 1.61 bits per heavy atom. The van der Waals surface area contributed by atoms with Crippen molar-refractivity contribution < 1.29 is 4.79 Å². The van der Waals surface area contributed by atoms with Gasteiger partial charge in [0, 0.05) is 40.7 Å². The van der Waals surface area contributed by atoms with E-state index in [2.05, 4.69) is 26.6 Å². The van der Waals surface area contributed by atoms with Crippen molar-refractivity contribution in [1.29, 1.82) is 0 Å². The lowest BCUT2D eigenvalue weighted by molar-refractivity contribution is -0.116. The summed E-state index contributed by atoms with van der Waals surface area (Å²) in [7, 11) is 0. The third kappa shape index (κ3) is 4.16. The van der Waals surface area contributed by atoms with Crippen LogP contribution in [0, 0.1) is 0 Å². The molecule has 0 aliphatic carbocycles. The maximum Gasteiger partial charge on any atom is 0.225 e. The lowest BCUT2D eigenvalue weighted by Crippen LogP contribution is -2.39. The molecule has 98 valence electrons. The molecule has 1 aromatic rings. The first kappa shape index (κ1) is 14.2. The molecule has 1 unspecified atom stereocenters. The van der Waals surface area contributed by atoms with E-state index in [9.17, 15) is 4.79 Å². The second kappa shape index (κ2) is 6.80. The molecule has 3 nitrogen and oxygen atoms in total. The second-order valence-electron chi connectivity index (χ2n) is 4.11. The van der Waals surface area contributed by atoms with Crippen molar-refractivity contribution in [1.82, 2.24) is 5.32 Å². The molecule has 1 fully saturated rings. The van der Waals surface area contributed by atoms with Crippen LogP contribution in [0.5, 0.6) is 0 Å². The topological polar surface area (TPSA) is 41.1 Å². The Morgan fingerprint density at radius 3 is 3.11 bits per heavy atom. The third-order valence-electron chi connectivity index (χ3n) is 2.63. The van der Waals surface area contributed by atoms with Gasteiger partial charge in [0.25, 0.3) is 0 Å². The molecule has 1 aromatic carbocycles. The Bertz CT molecular complexity index is 438. The minimum atomic E-state index is 0.0217. The van der Waals surface area contributed by atoms with Crippen LogP contribution in [-0.2, 0) is 4.79 Å². The fourth-order valence-corrected chi connectivity index (χ4v) is 3.14. The van der Waals surface area contributed by atoms with Gasteiger partial charge >= 0.3 is 0 Å². The highest BCUT2D eigenvalue weighted by atomic mass is 79.9. The van der Waals surface area contributed by atoms with Gasteiger partial charge in [0.1, 0.15) is 0 Å². The van der Waals surface area contributed by atoms with Gasteiger partial charge in [-0.25, -0.2) is 0 Å². The average Bonchev–Trinajstić information content (AvgIpc) is 2.35. The zero-order valence-corrected chi connectivity index (χ0v) is 12.9. The molecular formula is C12H14BrClN2OS. The molecule has 0 bridgehead atoms. The molecule has 1 heterocycles. The van der Waals surface area contributed by atoms with Gasteiger partial charge < -0.3 is 10.6 Å². The number of hydrogen-bond donors (Lipinski definition) is 2. The summed E-state index contributed by atoms with van der Waals surface area (Å²) >= 11 is 11.2. The second-order valence-corrected chi connectivity index (χ2v) is 6.52. The van der Waals surface area contributed by atoms with Crippen LogP contribution in [-0.4, -0.2) is 30.0 Å². The number of benzene rings is 1. The Morgan fingerprint density at radius 2 is 2.44 bits per heavy atom. The molecule has 1 amide bonds. The summed E-state index contributed by atoms with van der Waals surface area (Å²) in [6, 6.07) is 5.67. The minimum absolute atomic E-state index is 0.0217. The van der Waals surface area contributed by atoms with Crippen molar-refractivity contribution in [2.24, 2.45) is 0 Å². The molecule has 0 spiro atoms. The molecule has 2 rings (SSSR count). The van der Waals surface area contributed by atoms with Crippen LogP contribution in [0.4, 0.5) is 5.69 Å². The normalized spacial score (nSPS) is 19.6. The van der Waals surface area contributed by atoms with E-state index in [0.717, 1.165) is 28.2 Å². The average molecular weight is 350 g/mol. The predicted octanol–water partition coefficient (Wildman–Crippen LogP) is 3.14. The number of anilines is 1. The maximum atomic E-state index is 11.9. The van der Waals surface area contributed by atoms with Crippen LogP contribution < -0.4 is 10.6 Å². The lowest BCUT2D eigenvalue weighted by Gasteiger charge is -2.22. The standard InChI is InChI=1S/C12H14BrClN2OS/c13-10-2-1-8(5-11(10)14)16-12(17)6-9-7-18-4-3-15-9/h1-2,5,9,15H,3-4,6-7H2,(H,16,17). The van der Waals surface area contributed by atoms with Crippen molar-refractivity contribution in [3.05, 3.63) is 27.7 Å². The molecule has 1 saturated heterocycles. The van der Waals surface area contributed by atoms with Gasteiger partial charge in [-0.05, 0) is 34.1 Å². The smallest absolute Gasteiger partial charge is 0.225 e. The fraction of sp³-hybridized carbons (Fsp3) is 0.417. The van der Waals surface area contributed by atoms with Crippen LogP contribution in [0.15, 0.2) is 22.7 Å². The van der Waals surface area contributed by atoms with Crippen molar-refractivity contribution in [2.75, 3.05) is 23.4 Å². The summed E-state index contributed by atoms with van der Waals surface area (Å²) in [4.78, 5) is 11.9. The van der Waals surface area contributed by atoms with E-state index in [0.29, 0.717) is 11.4 Å². The summed E-state index contributed by atoms with van der Waals surface area (Å²) in [5.74, 6) is 2.14. The number of nitrogens with one attached hydrogen (secondary N) is 2. The summed E-state index contributed by atoms with van der Waals surface area (Å²) < 4.78 is 0.826. The Kier molecular flexibility index (Phi) is 5.36. The van der Waals surface area contributed by atoms with Crippen molar-refractivity contribution in [2.45, 2.75) is 12.5 Å². The van der Waals surface area contributed by atoms with Crippen LogP contribution in [0.3, 0.4) is 0 Å². The lowest BCUT2D eigenvalue weighted by atomic mass is 10.2. The third-order valence-corrected chi connectivity index (χ3v) is 5.00. The first-order valence-corrected chi connectivity index (χ1v) is 8.04. The molecule has 1 aliphatic heterocycles. The van der Waals surface area contributed by atoms with Crippen molar-refractivity contribution >= 4 is 50.9 Å². The van der Waals surface area contributed by atoms with E-state index < -0.39 is 0 Å². The fourth-order valence-electron chi connectivity index (χ4n) is 1.76. The Labute approximate surface area is 124 Å². The van der Waals surface area contributed by atoms with Crippen LogP contribution >= 0.6 is 39.3 Å². The van der Waals surface area contributed by atoms with Gasteiger partial charge in [0.2, 0.25) is 5.91 Å². The van der Waals surface area contributed by atoms with E-state index in [4.69, 9.17) is 11.6 Å². The van der Waals surface area contributed by atoms with Gasteiger partial charge in [0.05, 0.1) is 5.02 Å². The molecule has 18 heavy (non-hydrogen) atoms. The largest absolute Gasteiger partial charge is 0.326 e. The van der Waals surface area contributed by atoms with E-state index in [1.54, 1.807) is 6.07 Å². The SMILES string of the molecule is O=C(CC1CSCCN1)Nc1ccc(Br)c(Cl)c1. The number of thioether (sulfide) groups is 1. The van der Waals surface area contributed by atoms with Gasteiger partial charge in [-0.2, -0.15) is 11.8 Å². The molecule has 0 saturated carbocycles. The highest BCUT2D eigenvalue weighted by Crippen LogP contribution is 2.25. The zero-order chi connectivity index (χ0) is 13.0. The first-order chi connectivity index (χ1) is 8.65. The number of halogens is 2. The number of amides is 1. The number of hydrogen-bond acceptors (Lipinski definition) is 3. The van der Waals surface area contributed by atoms with Crippen LogP contribution in [0.25, 0.3) is 0 Å². The molecule has 6 heteroatoms. The Balaban J connectivity index is 1.88. The number of carbonyl (C=O) groups is 1. The maximum absolute atomic E-state index is 11.9. The summed E-state index contributed by atoms with van der Waals surface area (Å²) in [5.41, 5.74) is 0.733. The van der Waals surface area contributed by atoms with Gasteiger partial charge in [-0.1, -0.05) is 11.6 Å². The van der Waals surface area contributed by atoms with Gasteiger partial charge in [-0.3, -0.25) is 4.79 Å². The molecular weight excluding hydrogens is 336 g/mol. The van der Waals surface area contributed by atoms with Crippen LogP contribution in [0.2, 0.25) is 5.02 Å². The Hall–Kier alpha value is -0.230. The minimum Gasteiger partial charge on any atom is -0.326 e. The zero-order valence-electron chi connectivity index (χ0n) is 9.71.